The van der Waals surface area contributed by atoms with E-state index in [0.717, 1.165) is 16.0 Å². The lowest BCUT2D eigenvalue weighted by Crippen LogP contribution is -2.49. The van der Waals surface area contributed by atoms with Gasteiger partial charge in [-0.1, -0.05) is 11.6 Å². The summed E-state index contributed by atoms with van der Waals surface area (Å²) in [6, 6.07) is 5.37. The Morgan fingerprint density at radius 1 is 1.24 bits per heavy atom. The fourth-order valence-electron chi connectivity index (χ4n) is 3.46. The standard InChI is InChI=1S/C20H21ClN4O3S/c1-3-28-17-15(21)10-13(11-16(17)27-2)20(26)25-7-5-24(6-8-25)18-14-4-9-29-19(14)23-12-22-18/h4,9-12H,3,5-8H2,1-2H3. The molecule has 2 aromatic heterocycles. The van der Waals surface area contributed by atoms with Crippen LogP contribution < -0.4 is 14.4 Å². The molecule has 0 saturated carbocycles. The molecule has 3 heterocycles. The molecule has 0 N–H and O–H groups in total. The van der Waals surface area contributed by atoms with Crippen molar-refractivity contribution >= 4 is 44.9 Å². The van der Waals surface area contributed by atoms with Crippen LogP contribution in [0.3, 0.4) is 0 Å². The molecule has 0 spiro atoms. The van der Waals surface area contributed by atoms with Crippen molar-refractivity contribution in [2.75, 3.05) is 44.8 Å². The fourth-order valence-corrected chi connectivity index (χ4v) is 4.45. The lowest BCUT2D eigenvalue weighted by molar-refractivity contribution is 0.0746. The van der Waals surface area contributed by atoms with Gasteiger partial charge in [-0.25, -0.2) is 9.97 Å². The number of methoxy groups -OCH3 is 1. The SMILES string of the molecule is CCOc1c(Cl)cc(C(=O)N2CCN(c3ncnc4sccc34)CC2)cc1OC. The van der Waals surface area contributed by atoms with E-state index in [2.05, 4.69) is 14.9 Å². The number of nitrogens with zero attached hydrogens (tertiary/aromatic N) is 4. The van der Waals surface area contributed by atoms with Crippen LogP contribution in [0.25, 0.3) is 10.2 Å². The largest absolute Gasteiger partial charge is 0.493 e. The molecule has 0 unspecified atom stereocenters. The van der Waals surface area contributed by atoms with Crippen LogP contribution in [0.15, 0.2) is 29.9 Å². The summed E-state index contributed by atoms with van der Waals surface area (Å²) >= 11 is 7.93. The number of anilines is 1. The molecule has 0 aliphatic carbocycles. The molecule has 1 fully saturated rings. The lowest BCUT2D eigenvalue weighted by Gasteiger charge is -2.35. The maximum absolute atomic E-state index is 13.0. The molecule has 1 aromatic carbocycles. The Morgan fingerprint density at radius 3 is 2.76 bits per heavy atom. The molecule has 0 radical (unpaired) electrons. The Labute approximate surface area is 177 Å². The number of thiophene rings is 1. The van der Waals surface area contributed by atoms with E-state index in [1.807, 2.05) is 23.3 Å². The van der Waals surface area contributed by atoms with E-state index in [1.165, 1.54) is 7.11 Å². The van der Waals surface area contributed by atoms with Gasteiger partial charge in [-0.15, -0.1) is 11.3 Å². The van der Waals surface area contributed by atoms with Crippen LogP contribution in [-0.4, -0.2) is 60.7 Å². The molecule has 7 nitrogen and oxygen atoms in total. The van der Waals surface area contributed by atoms with E-state index in [-0.39, 0.29) is 5.91 Å². The van der Waals surface area contributed by atoms with Crippen molar-refractivity contribution in [3.8, 4) is 11.5 Å². The second kappa shape index (κ2) is 8.42. The third-order valence-electron chi connectivity index (χ3n) is 4.87. The first kappa shape index (κ1) is 19.7. The number of benzene rings is 1. The van der Waals surface area contributed by atoms with Gasteiger partial charge in [0.25, 0.3) is 5.91 Å². The molecule has 1 aliphatic heterocycles. The Kier molecular flexibility index (Phi) is 5.73. The highest BCUT2D eigenvalue weighted by atomic mass is 35.5. The smallest absolute Gasteiger partial charge is 0.254 e. The van der Waals surface area contributed by atoms with Crippen LogP contribution in [0.2, 0.25) is 5.02 Å². The first-order valence-electron chi connectivity index (χ1n) is 9.35. The number of halogens is 1. The highest BCUT2D eigenvalue weighted by Gasteiger charge is 2.25. The van der Waals surface area contributed by atoms with Crippen molar-refractivity contribution in [2.24, 2.45) is 0 Å². The van der Waals surface area contributed by atoms with Gasteiger partial charge in [-0.3, -0.25) is 4.79 Å². The Hall–Kier alpha value is -2.58. The van der Waals surface area contributed by atoms with Gasteiger partial charge in [0.15, 0.2) is 11.5 Å². The van der Waals surface area contributed by atoms with Crippen molar-refractivity contribution in [3.05, 3.63) is 40.5 Å². The highest BCUT2D eigenvalue weighted by molar-refractivity contribution is 7.16. The van der Waals surface area contributed by atoms with E-state index >= 15 is 0 Å². The zero-order valence-corrected chi connectivity index (χ0v) is 17.8. The molecule has 1 aliphatic rings. The van der Waals surface area contributed by atoms with Gasteiger partial charge in [0, 0.05) is 31.7 Å². The summed E-state index contributed by atoms with van der Waals surface area (Å²) < 4.78 is 10.9. The first-order valence-corrected chi connectivity index (χ1v) is 10.6. The fraction of sp³-hybridized carbons (Fsp3) is 0.350. The van der Waals surface area contributed by atoms with Crippen molar-refractivity contribution in [1.29, 1.82) is 0 Å². The molecule has 9 heteroatoms. The second-order valence-corrected chi connectivity index (χ2v) is 7.84. The van der Waals surface area contributed by atoms with E-state index < -0.39 is 0 Å². The Morgan fingerprint density at radius 2 is 2.03 bits per heavy atom. The van der Waals surface area contributed by atoms with Gasteiger partial charge >= 0.3 is 0 Å². The van der Waals surface area contributed by atoms with Crippen molar-refractivity contribution in [1.82, 2.24) is 14.9 Å². The van der Waals surface area contributed by atoms with E-state index in [0.29, 0.717) is 54.9 Å². The number of aromatic nitrogens is 2. The average molecular weight is 433 g/mol. The van der Waals surface area contributed by atoms with Gasteiger partial charge in [0.1, 0.15) is 17.0 Å². The molecular formula is C20H21ClN4O3S. The molecule has 1 amide bonds. The number of piperazine rings is 1. The van der Waals surface area contributed by atoms with Crippen molar-refractivity contribution < 1.29 is 14.3 Å². The summed E-state index contributed by atoms with van der Waals surface area (Å²) in [6.45, 7) is 4.94. The second-order valence-electron chi connectivity index (χ2n) is 6.54. The van der Waals surface area contributed by atoms with Crippen LogP contribution in [0.5, 0.6) is 11.5 Å². The summed E-state index contributed by atoms with van der Waals surface area (Å²) in [4.78, 5) is 26.8. The molecule has 4 rings (SSSR count). The van der Waals surface area contributed by atoms with E-state index in [4.69, 9.17) is 21.1 Å². The number of fused-ring (bicyclic) bond motifs is 1. The first-order chi connectivity index (χ1) is 14.1. The van der Waals surface area contributed by atoms with E-state index in [1.54, 1.807) is 29.8 Å². The summed E-state index contributed by atoms with van der Waals surface area (Å²) in [7, 11) is 1.54. The van der Waals surface area contributed by atoms with Gasteiger partial charge in [0.2, 0.25) is 0 Å². The third-order valence-corrected chi connectivity index (χ3v) is 5.97. The molecule has 3 aromatic rings. The van der Waals surface area contributed by atoms with Crippen LogP contribution >= 0.6 is 22.9 Å². The van der Waals surface area contributed by atoms with Crippen LogP contribution in [0.1, 0.15) is 17.3 Å². The average Bonchev–Trinajstić information content (AvgIpc) is 3.23. The summed E-state index contributed by atoms with van der Waals surface area (Å²) in [5, 5.41) is 3.44. The maximum Gasteiger partial charge on any atom is 0.254 e. The molecule has 0 atom stereocenters. The molecule has 0 bridgehead atoms. The monoisotopic (exact) mass is 432 g/mol. The Balaban J connectivity index is 1.49. The predicted molar refractivity (Wildman–Crippen MR) is 115 cm³/mol. The van der Waals surface area contributed by atoms with Gasteiger partial charge in [-0.05, 0) is 30.5 Å². The number of carbonyl (C=O) groups is 1. The maximum atomic E-state index is 13.0. The number of carbonyl (C=O) groups excluding carboxylic acids is 1. The number of rotatable bonds is 5. The summed E-state index contributed by atoms with van der Waals surface area (Å²) in [5.41, 5.74) is 0.492. The molecule has 29 heavy (non-hydrogen) atoms. The number of hydrogen-bond donors (Lipinski definition) is 0. The van der Waals surface area contributed by atoms with Crippen LogP contribution in [0.4, 0.5) is 5.82 Å². The minimum Gasteiger partial charge on any atom is -0.493 e. The number of hydrogen-bond acceptors (Lipinski definition) is 7. The van der Waals surface area contributed by atoms with Crippen molar-refractivity contribution in [2.45, 2.75) is 6.92 Å². The van der Waals surface area contributed by atoms with Crippen LogP contribution in [-0.2, 0) is 0 Å². The van der Waals surface area contributed by atoms with Crippen molar-refractivity contribution in [3.63, 3.8) is 0 Å². The third kappa shape index (κ3) is 3.82. The zero-order chi connectivity index (χ0) is 20.4. The molecule has 1 saturated heterocycles. The van der Waals surface area contributed by atoms with Gasteiger partial charge in [0.05, 0.1) is 24.1 Å². The van der Waals surface area contributed by atoms with E-state index in [9.17, 15) is 4.79 Å². The van der Waals surface area contributed by atoms with Gasteiger partial charge < -0.3 is 19.3 Å². The normalized spacial score (nSPS) is 14.3. The summed E-state index contributed by atoms with van der Waals surface area (Å²) in [6.07, 6.45) is 1.60. The van der Waals surface area contributed by atoms with Crippen LogP contribution in [0, 0.1) is 0 Å². The molecular weight excluding hydrogens is 412 g/mol. The van der Waals surface area contributed by atoms with Gasteiger partial charge in [-0.2, -0.15) is 0 Å². The minimum absolute atomic E-state index is 0.0729. The molecule has 152 valence electrons. The predicted octanol–water partition coefficient (Wildman–Crippen LogP) is 3.71. The minimum atomic E-state index is -0.0729. The lowest BCUT2D eigenvalue weighted by atomic mass is 10.1. The summed E-state index contributed by atoms with van der Waals surface area (Å²) in [5.74, 6) is 1.77. The Bertz CT molecular complexity index is 1030. The zero-order valence-electron chi connectivity index (χ0n) is 16.2. The number of ether oxygens (including phenoxy) is 2. The quantitative estimate of drug-likeness (QED) is 0.612. The number of amides is 1. The highest BCUT2D eigenvalue weighted by Crippen LogP contribution is 2.37. The topological polar surface area (TPSA) is 67.8 Å².